The molecule has 0 bridgehead atoms. The largest absolute Gasteiger partial charge is 0.378 e. The van der Waals surface area contributed by atoms with Gasteiger partial charge in [-0.3, -0.25) is 0 Å². The van der Waals surface area contributed by atoms with Gasteiger partial charge in [-0.25, -0.2) is 4.39 Å². The summed E-state index contributed by atoms with van der Waals surface area (Å²) in [5.41, 5.74) is 2.06. The van der Waals surface area contributed by atoms with E-state index in [1.807, 2.05) is 13.0 Å². The Morgan fingerprint density at radius 1 is 1.33 bits per heavy atom. The molecule has 0 atom stereocenters. The maximum atomic E-state index is 13.2. The molecule has 2 rings (SSSR count). The van der Waals surface area contributed by atoms with E-state index in [4.69, 9.17) is 4.74 Å². The highest BCUT2D eigenvalue weighted by Crippen LogP contribution is 2.27. The van der Waals surface area contributed by atoms with Crippen molar-refractivity contribution < 1.29 is 9.13 Å². The lowest BCUT2D eigenvalue weighted by Crippen LogP contribution is -2.36. The maximum Gasteiger partial charge on any atom is 0.137 e. The van der Waals surface area contributed by atoms with Crippen molar-refractivity contribution in [2.24, 2.45) is 0 Å². The van der Waals surface area contributed by atoms with E-state index in [9.17, 15) is 4.39 Å². The number of halogens is 2. The molecule has 0 N–H and O–H groups in total. The summed E-state index contributed by atoms with van der Waals surface area (Å²) in [7, 11) is 0. The average Bonchev–Trinajstić information content (AvgIpc) is 2.25. The van der Waals surface area contributed by atoms with Crippen molar-refractivity contribution in [3.8, 4) is 0 Å². The Kier molecular flexibility index (Phi) is 3.26. The van der Waals surface area contributed by atoms with Crippen LogP contribution in [-0.4, -0.2) is 26.3 Å². The van der Waals surface area contributed by atoms with E-state index in [1.54, 1.807) is 6.07 Å². The number of hydrogen-bond donors (Lipinski definition) is 0. The minimum Gasteiger partial charge on any atom is -0.378 e. The highest BCUT2D eigenvalue weighted by Gasteiger charge is 2.14. The summed E-state index contributed by atoms with van der Waals surface area (Å²) in [6.07, 6.45) is 0. The van der Waals surface area contributed by atoms with Gasteiger partial charge in [0.2, 0.25) is 0 Å². The Balaban J connectivity index is 2.30. The first-order valence-electron chi connectivity index (χ1n) is 4.97. The van der Waals surface area contributed by atoms with E-state index in [1.165, 1.54) is 0 Å². The SMILES string of the molecule is Cc1cc(F)c(Br)cc1N1CCOCC1. The molecule has 0 amide bonds. The fraction of sp³-hybridized carbons (Fsp3) is 0.455. The fourth-order valence-electron chi connectivity index (χ4n) is 1.78. The van der Waals surface area contributed by atoms with Crippen molar-refractivity contribution in [2.75, 3.05) is 31.2 Å². The second-order valence-electron chi connectivity index (χ2n) is 3.65. The van der Waals surface area contributed by atoms with E-state index in [0.717, 1.165) is 37.6 Å². The van der Waals surface area contributed by atoms with Gasteiger partial charge in [-0.05, 0) is 40.5 Å². The minimum atomic E-state index is -0.204. The Morgan fingerprint density at radius 3 is 2.67 bits per heavy atom. The van der Waals surface area contributed by atoms with Gasteiger partial charge in [0.25, 0.3) is 0 Å². The highest BCUT2D eigenvalue weighted by atomic mass is 79.9. The zero-order valence-electron chi connectivity index (χ0n) is 8.59. The zero-order chi connectivity index (χ0) is 10.8. The monoisotopic (exact) mass is 273 g/mol. The molecule has 0 radical (unpaired) electrons. The van der Waals surface area contributed by atoms with Gasteiger partial charge in [0.15, 0.2) is 0 Å². The number of benzene rings is 1. The van der Waals surface area contributed by atoms with E-state index < -0.39 is 0 Å². The summed E-state index contributed by atoms with van der Waals surface area (Å²) in [6, 6.07) is 3.41. The molecule has 1 heterocycles. The third-order valence-corrected chi connectivity index (χ3v) is 3.20. The number of anilines is 1. The second-order valence-corrected chi connectivity index (χ2v) is 4.51. The lowest BCUT2D eigenvalue weighted by Gasteiger charge is -2.30. The van der Waals surface area contributed by atoms with Crippen molar-refractivity contribution >= 4 is 21.6 Å². The summed E-state index contributed by atoms with van der Waals surface area (Å²) in [5, 5.41) is 0. The number of ether oxygens (including phenoxy) is 1. The van der Waals surface area contributed by atoms with Gasteiger partial charge >= 0.3 is 0 Å². The lowest BCUT2D eigenvalue weighted by molar-refractivity contribution is 0.122. The molecule has 0 spiro atoms. The first-order valence-corrected chi connectivity index (χ1v) is 5.76. The molecule has 0 aliphatic carbocycles. The lowest BCUT2D eigenvalue weighted by atomic mass is 10.1. The molecule has 15 heavy (non-hydrogen) atoms. The summed E-state index contributed by atoms with van der Waals surface area (Å²) in [4.78, 5) is 2.23. The number of morpholine rings is 1. The van der Waals surface area contributed by atoms with Gasteiger partial charge in [0.1, 0.15) is 5.82 Å². The molecular formula is C11H13BrFNO. The molecule has 1 aromatic rings. The van der Waals surface area contributed by atoms with Crippen molar-refractivity contribution in [1.29, 1.82) is 0 Å². The maximum absolute atomic E-state index is 13.2. The molecule has 0 unspecified atom stereocenters. The molecule has 1 aliphatic rings. The van der Waals surface area contributed by atoms with Crippen molar-refractivity contribution in [3.05, 3.63) is 28.0 Å². The summed E-state index contributed by atoms with van der Waals surface area (Å²) in [5.74, 6) is -0.204. The smallest absolute Gasteiger partial charge is 0.137 e. The highest BCUT2D eigenvalue weighted by molar-refractivity contribution is 9.10. The fourth-order valence-corrected chi connectivity index (χ4v) is 2.11. The molecule has 1 fully saturated rings. The summed E-state index contributed by atoms with van der Waals surface area (Å²) in [6.45, 7) is 5.17. The van der Waals surface area contributed by atoms with Crippen LogP contribution in [0.3, 0.4) is 0 Å². The minimum absolute atomic E-state index is 0.204. The van der Waals surface area contributed by atoms with Crippen LogP contribution in [0.2, 0.25) is 0 Å². The van der Waals surface area contributed by atoms with Gasteiger partial charge in [-0.1, -0.05) is 0 Å². The molecule has 0 saturated carbocycles. The van der Waals surface area contributed by atoms with Crippen LogP contribution in [0, 0.1) is 12.7 Å². The third-order valence-electron chi connectivity index (χ3n) is 2.59. The van der Waals surface area contributed by atoms with Crippen molar-refractivity contribution in [3.63, 3.8) is 0 Å². The third kappa shape index (κ3) is 2.32. The first kappa shape index (κ1) is 10.9. The Bertz CT molecular complexity index is 364. The van der Waals surface area contributed by atoms with Gasteiger partial charge in [0.05, 0.1) is 17.7 Å². The average molecular weight is 274 g/mol. The van der Waals surface area contributed by atoms with E-state index >= 15 is 0 Å². The van der Waals surface area contributed by atoms with Crippen LogP contribution >= 0.6 is 15.9 Å². The molecule has 0 aromatic heterocycles. The molecule has 1 aliphatic heterocycles. The van der Waals surface area contributed by atoms with E-state index in [-0.39, 0.29) is 5.82 Å². The van der Waals surface area contributed by atoms with Crippen LogP contribution in [0.4, 0.5) is 10.1 Å². The quantitative estimate of drug-likeness (QED) is 0.780. The number of hydrogen-bond acceptors (Lipinski definition) is 2. The Labute approximate surface area is 97.2 Å². The molecule has 2 nitrogen and oxygen atoms in total. The van der Waals surface area contributed by atoms with Crippen LogP contribution in [0.5, 0.6) is 0 Å². The van der Waals surface area contributed by atoms with Gasteiger partial charge in [-0.2, -0.15) is 0 Å². The number of aryl methyl sites for hydroxylation is 1. The molecule has 82 valence electrons. The molecular weight excluding hydrogens is 261 g/mol. The van der Waals surface area contributed by atoms with Gasteiger partial charge in [-0.15, -0.1) is 0 Å². The normalized spacial score (nSPS) is 16.9. The first-order chi connectivity index (χ1) is 7.18. The van der Waals surface area contributed by atoms with Crippen molar-refractivity contribution in [2.45, 2.75) is 6.92 Å². The van der Waals surface area contributed by atoms with E-state index in [2.05, 4.69) is 20.8 Å². The number of rotatable bonds is 1. The summed E-state index contributed by atoms with van der Waals surface area (Å²) < 4.78 is 19.0. The van der Waals surface area contributed by atoms with Crippen LogP contribution in [0.1, 0.15) is 5.56 Å². The van der Waals surface area contributed by atoms with Gasteiger partial charge < -0.3 is 9.64 Å². The topological polar surface area (TPSA) is 12.5 Å². The standard InChI is InChI=1S/C11H13BrFNO/c1-8-6-10(13)9(12)7-11(8)14-2-4-15-5-3-14/h6-7H,2-5H2,1H3. The summed E-state index contributed by atoms with van der Waals surface area (Å²) >= 11 is 3.21. The predicted octanol–water partition coefficient (Wildman–Crippen LogP) is 2.73. The van der Waals surface area contributed by atoms with Crippen LogP contribution in [0.15, 0.2) is 16.6 Å². The molecule has 1 saturated heterocycles. The van der Waals surface area contributed by atoms with E-state index in [0.29, 0.717) is 4.47 Å². The van der Waals surface area contributed by atoms with Gasteiger partial charge in [0, 0.05) is 18.8 Å². The van der Waals surface area contributed by atoms with Crippen LogP contribution in [0.25, 0.3) is 0 Å². The van der Waals surface area contributed by atoms with Crippen LogP contribution < -0.4 is 4.90 Å². The predicted molar refractivity (Wildman–Crippen MR) is 61.9 cm³/mol. The Hall–Kier alpha value is -0.610. The van der Waals surface area contributed by atoms with Crippen molar-refractivity contribution in [1.82, 2.24) is 0 Å². The zero-order valence-corrected chi connectivity index (χ0v) is 10.2. The molecule has 1 aromatic carbocycles. The number of nitrogens with zero attached hydrogens (tertiary/aromatic N) is 1. The second kappa shape index (κ2) is 4.49. The molecule has 4 heteroatoms. The van der Waals surface area contributed by atoms with Crippen LogP contribution in [-0.2, 0) is 4.74 Å². The Morgan fingerprint density at radius 2 is 2.00 bits per heavy atom.